The van der Waals surface area contributed by atoms with E-state index in [9.17, 15) is 14.9 Å². The molecule has 0 fully saturated rings. The summed E-state index contributed by atoms with van der Waals surface area (Å²) in [5.41, 5.74) is 0. The Morgan fingerprint density at radius 2 is 1.95 bits per heavy atom. The highest BCUT2D eigenvalue weighted by Crippen LogP contribution is 2.05. The first-order chi connectivity index (χ1) is 9.54. The minimum Gasteiger partial charge on any atom is -0.465 e. The Morgan fingerprint density at radius 3 is 2.35 bits per heavy atom. The average Bonchev–Trinajstić information content (AvgIpc) is 2.86. The molecule has 0 spiro atoms. The van der Waals surface area contributed by atoms with Crippen molar-refractivity contribution in [1.29, 1.82) is 0 Å². The van der Waals surface area contributed by atoms with Gasteiger partial charge in [0, 0.05) is 0 Å². The fourth-order valence-electron chi connectivity index (χ4n) is 1.38. The fourth-order valence-corrected chi connectivity index (χ4v) is 1.38. The molecule has 0 aliphatic heterocycles. The van der Waals surface area contributed by atoms with Crippen molar-refractivity contribution >= 4 is 11.8 Å². The molecule has 0 bridgehead atoms. The summed E-state index contributed by atoms with van der Waals surface area (Å²) in [5.74, 6) is -0.728. The van der Waals surface area contributed by atoms with Crippen molar-refractivity contribution in [2.45, 2.75) is 53.0 Å². The van der Waals surface area contributed by atoms with Crippen LogP contribution in [0.25, 0.3) is 0 Å². The van der Waals surface area contributed by atoms with E-state index in [2.05, 4.69) is 23.6 Å². The zero-order chi connectivity index (χ0) is 15.4. The number of aromatic nitrogens is 2. The van der Waals surface area contributed by atoms with Gasteiger partial charge in [-0.25, -0.2) is 0 Å². The molecule has 7 nitrogen and oxygen atoms in total. The van der Waals surface area contributed by atoms with Crippen LogP contribution in [0.4, 0.5) is 5.82 Å². The van der Waals surface area contributed by atoms with E-state index >= 15 is 0 Å². The molecule has 1 aromatic heterocycles. The van der Waals surface area contributed by atoms with Crippen molar-refractivity contribution in [3.63, 3.8) is 0 Å². The lowest BCUT2D eigenvalue weighted by molar-refractivity contribution is -0.389. The summed E-state index contributed by atoms with van der Waals surface area (Å²) >= 11 is 0. The Morgan fingerprint density at radius 1 is 1.35 bits per heavy atom. The van der Waals surface area contributed by atoms with Crippen LogP contribution in [0, 0.1) is 10.1 Å². The molecule has 0 saturated carbocycles. The number of esters is 1. The third kappa shape index (κ3) is 8.23. The Hall–Kier alpha value is -1.92. The molecule has 0 aliphatic carbocycles. The zero-order valence-corrected chi connectivity index (χ0v) is 12.4. The highest BCUT2D eigenvalue weighted by molar-refractivity contribution is 5.69. The van der Waals surface area contributed by atoms with Crippen LogP contribution in [0.2, 0.25) is 0 Å². The summed E-state index contributed by atoms with van der Waals surface area (Å²) in [4.78, 5) is 24.1. The van der Waals surface area contributed by atoms with E-state index in [-0.39, 0.29) is 19.0 Å². The Kier molecular flexibility index (Phi) is 9.90. The molecule has 0 atom stereocenters. The second kappa shape index (κ2) is 11.0. The number of nitro groups is 1. The van der Waals surface area contributed by atoms with Crippen molar-refractivity contribution in [1.82, 2.24) is 9.55 Å². The zero-order valence-electron chi connectivity index (χ0n) is 12.4. The first kappa shape index (κ1) is 18.1. The van der Waals surface area contributed by atoms with Crippen LogP contribution in [0.5, 0.6) is 0 Å². The van der Waals surface area contributed by atoms with Crippen LogP contribution >= 0.6 is 0 Å². The van der Waals surface area contributed by atoms with Gasteiger partial charge >= 0.3 is 11.8 Å². The second-order valence-electron chi connectivity index (χ2n) is 4.17. The largest absolute Gasteiger partial charge is 0.465 e. The number of carbonyl (C=O) groups is 1. The van der Waals surface area contributed by atoms with E-state index in [1.54, 1.807) is 6.92 Å². The minimum absolute atomic E-state index is 0.0608. The smallest absolute Gasteiger partial charge is 0.381 e. The van der Waals surface area contributed by atoms with Crippen LogP contribution in [0.15, 0.2) is 12.5 Å². The molecule has 7 heteroatoms. The molecule has 1 heterocycles. The number of carbonyl (C=O) groups excluding carboxylic acids is 1. The lowest BCUT2D eigenvalue weighted by Gasteiger charge is -1.99. The number of rotatable bonds is 7. The second-order valence-corrected chi connectivity index (χ2v) is 4.17. The monoisotopic (exact) mass is 285 g/mol. The third-order valence-corrected chi connectivity index (χ3v) is 2.38. The molecule has 114 valence electrons. The number of nitrogens with zero attached hydrogens (tertiary/aromatic N) is 3. The first-order valence-electron chi connectivity index (χ1n) is 6.86. The molecule has 0 N–H and O–H groups in total. The predicted octanol–water partition coefficient (Wildman–Crippen LogP) is 2.94. The van der Waals surface area contributed by atoms with E-state index in [4.69, 9.17) is 0 Å². The van der Waals surface area contributed by atoms with Crippen molar-refractivity contribution in [3.05, 3.63) is 22.6 Å². The molecule has 0 saturated heterocycles. The molecular formula is C13H23N3O4. The van der Waals surface area contributed by atoms with Gasteiger partial charge in [0.05, 0.1) is 6.61 Å². The van der Waals surface area contributed by atoms with E-state index in [1.807, 2.05) is 0 Å². The maximum Gasteiger partial charge on any atom is 0.381 e. The number of imidazole rings is 1. The topological polar surface area (TPSA) is 87.3 Å². The van der Waals surface area contributed by atoms with Crippen molar-refractivity contribution < 1.29 is 14.5 Å². The van der Waals surface area contributed by atoms with E-state index in [0.717, 1.165) is 0 Å². The highest BCUT2D eigenvalue weighted by atomic mass is 16.6. The van der Waals surface area contributed by atoms with Gasteiger partial charge in [-0.15, -0.1) is 0 Å². The van der Waals surface area contributed by atoms with Crippen LogP contribution < -0.4 is 0 Å². The summed E-state index contributed by atoms with van der Waals surface area (Å²) in [7, 11) is 0. The average molecular weight is 285 g/mol. The maximum atomic E-state index is 11.0. The van der Waals surface area contributed by atoms with Crippen LogP contribution in [-0.2, 0) is 16.1 Å². The Balaban J connectivity index is 0.000000511. The quantitative estimate of drug-likeness (QED) is 0.332. The van der Waals surface area contributed by atoms with Gasteiger partial charge in [-0.1, -0.05) is 39.5 Å². The standard InChI is InChI=1S/C7H9N3O4.C6H14/c1-2-14-7(11)4-9-3-6(8-5-9)10(12)13;1-3-5-6-4-2/h3,5H,2,4H2,1H3;3-6H2,1-2H3. The maximum absolute atomic E-state index is 11.0. The van der Waals surface area contributed by atoms with Crippen molar-refractivity contribution in [2.75, 3.05) is 6.61 Å². The van der Waals surface area contributed by atoms with Gasteiger partial charge in [-0.2, -0.15) is 0 Å². The minimum atomic E-state index is -0.623. The Bertz CT molecular complexity index is 400. The molecule has 0 unspecified atom stereocenters. The van der Waals surface area contributed by atoms with Gasteiger partial charge in [0.2, 0.25) is 6.33 Å². The third-order valence-electron chi connectivity index (χ3n) is 2.38. The number of hydrogen-bond acceptors (Lipinski definition) is 5. The molecule has 20 heavy (non-hydrogen) atoms. The van der Waals surface area contributed by atoms with Gasteiger partial charge in [-0.3, -0.25) is 9.36 Å². The molecule has 0 amide bonds. The number of ether oxygens (including phenoxy) is 1. The van der Waals surface area contributed by atoms with Crippen molar-refractivity contribution in [3.8, 4) is 0 Å². The lowest BCUT2D eigenvalue weighted by Crippen LogP contribution is -2.11. The summed E-state index contributed by atoms with van der Waals surface area (Å²) in [5, 5.41) is 10.2. The molecule has 0 aliphatic rings. The van der Waals surface area contributed by atoms with Crippen molar-refractivity contribution in [2.24, 2.45) is 0 Å². The lowest BCUT2D eigenvalue weighted by atomic mass is 10.2. The van der Waals surface area contributed by atoms with E-state index in [1.165, 1.54) is 42.8 Å². The number of unbranched alkanes of at least 4 members (excludes halogenated alkanes) is 3. The normalized spacial score (nSPS) is 9.55. The SMILES string of the molecule is CCCCCC.CCOC(=O)Cn1cnc([N+](=O)[O-])c1. The summed E-state index contributed by atoms with van der Waals surface area (Å²) in [6.45, 7) is 6.38. The van der Waals surface area contributed by atoms with E-state index in [0.29, 0.717) is 0 Å². The fraction of sp³-hybridized carbons (Fsp3) is 0.692. The summed E-state index contributed by atoms with van der Waals surface area (Å²) < 4.78 is 5.96. The number of hydrogen-bond donors (Lipinski definition) is 0. The van der Waals surface area contributed by atoms with Crippen LogP contribution in [-0.4, -0.2) is 27.1 Å². The first-order valence-corrected chi connectivity index (χ1v) is 6.86. The highest BCUT2D eigenvalue weighted by Gasteiger charge is 2.11. The molecule has 0 aromatic carbocycles. The van der Waals surface area contributed by atoms with Gasteiger partial charge in [-0.05, 0) is 16.8 Å². The summed E-state index contributed by atoms with van der Waals surface area (Å²) in [6.07, 6.45) is 7.93. The van der Waals surface area contributed by atoms with Gasteiger partial charge in [0.15, 0.2) is 0 Å². The Labute approximate surface area is 119 Å². The molecular weight excluding hydrogens is 262 g/mol. The van der Waals surface area contributed by atoms with Gasteiger partial charge in [0.25, 0.3) is 0 Å². The van der Waals surface area contributed by atoms with Crippen LogP contribution in [0.3, 0.4) is 0 Å². The van der Waals surface area contributed by atoms with E-state index < -0.39 is 10.9 Å². The van der Waals surface area contributed by atoms with Gasteiger partial charge < -0.3 is 14.9 Å². The van der Waals surface area contributed by atoms with Gasteiger partial charge in [0.1, 0.15) is 12.7 Å². The molecule has 1 aromatic rings. The van der Waals surface area contributed by atoms with Crippen LogP contribution in [0.1, 0.15) is 46.5 Å². The molecule has 1 rings (SSSR count). The predicted molar refractivity (Wildman–Crippen MR) is 75.3 cm³/mol. The molecule has 0 radical (unpaired) electrons. The summed E-state index contributed by atoms with van der Waals surface area (Å²) in [6, 6.07) is 0.